The second kappa shape index (κ2) is 9.64. The number of nitrogens with one attached hydrogen (secondary N) is 2. The molecule has 2 aromatic carbocycles. The molecular formula is C26H30N4O2. The molecule has 3 aromatic rings. The molecule has 0 atom stereocenters. The van der Waals surface area contributed by atoms with Crippen LogP contribution in [-0.2, 0) is 12.0 Å². The van der Waals surface area contributed by atoms with E-state index in [4.69, 9.17) is 0 Å². The van der Waals surface area contributed by atoms with Crippen LogP contribution in [0.5, 0.6) is 0 Å². The standard InChI is InChI=1S/C26H30N4O2/c1-26(2,3)20-10-8-19(9-11-20)24(31)29-21-12-13-23(30(4)5)22(15-21)25(32)28-17-18-7-6-14-27-16-18/h6-16H,17H2,1-5H3,(H,28,32)(H,29,31). The van der Waals surface area contributed by atoms with Crippen molar-refractivity contribution in [3.05, 3.63) is 89.2 Å². The molecule has 6 heteroatoms. The molecular weight excluding hydrogens is 400 g/mol. The van der Waals surface area contributed by atoms with Crippen LogP contribution in [0, 0.1) is 0 Å². The van der Waals surface area contributed by atoms with Crippen LogP contribution in [0.4, 0.5) is 11.4 Å². The van der Waals surface area contributed by atoms with Gasteiger partial charge in [0.15, 0.2) is 0 Å². The topological polar surface area (TPSA) is 74.3 Å². The Bertz CT molecular complexity index is 1090. The van der Waals surface area contributed by atoms with Crippen molar-refractivity contribution in [1.29, 1.82) is 0 Å². The number of carbonyl (C=O) groups is 2. The summed E-state index contributed by atoms with van der Waals surface area (Å²) in [6.45, 7) is 6.77. The SMILES string of the molecule is CN(C)c1ccc(NC(=O)c2ccc(C(C)(C)C)cc2)cc1C(=O)NCc1cccnc1. The van der Waals surface area contributed by atoms with Gasteiger partial charge in [0.05, 0.1) is 5.56 Å². The molecule has 0 aliphatic carbocycles. The summed E-state index contributed by atoms with van der Waals surface area (Å²) in [5, 5.41) is 5.83. The van der Waals surface area contributed by atoms with Crippen molar-refractivity contribution in [2.75, 3.05) is 24.3 Å². The van der Waals surface area contributed by atoms with Crippen LogP contribution in [0.15, 0.2) is 67.0 Å². The van der Waals surface area contributed by atoms with Crippen LogP contribution < -0.4 is 15.5 Å². The highest BCUT2D eigenvalue weighted by atomic mass is 16.2. The lowest BCUT2D eigenvalue weighted by molar-refractivity contribution is 0.0950. The Morgan fingerprint density at radius 2 is 1.69 bits per heavy atom. The van der Waals surface area contributed by atoms with Gasteiger partial charge >= 0.3 is 0 Å². The van der Waals surface area contributed by atoms with Crippen molar-refractivity contribution in [3.8, 4) is 0 Å². The van der Waals surface area contributed by atoms with Gasteiger partial charge in [0, 0.05) is 50.0 Å². The highest BCUT2D eigenvalue weighted by molar-refractivity contribution is 6.06. The maximum Gasteiger partial charge on any atom is 0.255 e. The minimum absolute atomic E-state index is 0.0229. The zero-order valence-corrected chi connectivity index (χ0v) is 19.3. The van der Waals surface area contributed by atoms with Crippen molar-refractivity contribution < 1.29 is 9.59 Å². The third-order valence-corrected chi connectivity index (χ3v) is 5.17. The molecule has 0 bridgehead atoms. The molecule has 1 aromatic heterocycles. The summed E-state index contributed by atoms with van der Waals surface area (Å²) in [6, 6.07) is 16.7. The van der Waals surface area contributed by atoms with E-state index >= 15 is 0 Å². The molecule has 166 valence electrons. The Morgan fingerprint density at radius 1 is 0.969 bits per heavy atom. The van der Waals surface area contributed by atoms with Crippen LogP contribution >= 0.6 is 0 Å². The molecule has 0 spiro atoms. The first-order chi connectivity index (χ1) is 15.1. The van der Waals surface area contributed by atoms with E-state index in [0.717, 1.165) is 16.8 Å². The predicted molar refractivity (Wildman–Crippen MR) is 129 cm³/mol. The second-order valence-corrected chi connectivity index (χ2v) is 8.95. The highest BCUT2D eigenvalue weighted by Crippen LogP contribution is 2.25. The number of aromatic nitrogens is 1. The third-order valence-electron chi connectivity index (χ3n) is 5.17. The number of nitrogens with zero attached hydrogens (tertiary/aromatic N) is 2. The molecule has 0 unspecified atom stereocenters. The molecule has 0 saturated carbocycles. The van der Waals surface area contributed by atoms with Gasteiger partial charge in [-0.15, -0.1) is 0 Å². The molecule has 0 saturated heterocycles. The van der Waals surface area contributed by atoms with Crippen LogP contribution in [0.2, 0.25) is 0 Å². The van der Waals surface area contributed by atoms with Gasteiger partial charge in [0.25, 0.3) is 11.8 Å². The molecule has 2 N–H and O–H groups in total. The van der Waals surface area contributed by atoms with Crippen LogP contribution in [0.25, 0.3) is 0 Å². The third kappa shape index (κ3) is 5.72. The van der Waals surface area contributed by atoms with Crippen molar-refractivity contribution in [2.24, 2.45) is 0 Å². The first-order valence-corrected chi connectivity index (χ1v) is 10.6. The number of carbonyl (C=O) groups excluding carboxylic acids is 2. The molecule has 0 radical (unpaired) electrons. The summed E-state index contributed by atoms with van der Waals surface area (Å²) in [5.41, 5.74) is 4.48. The maximum atomic E-state index is 12.9. The Morgan fingerprint density at radius 3 is 2.28 bits per heavy atom. The van der Waals surface area contributed by atoms with E-state index in [-0.39, 0.29) is 17.2 Å². The normalized spacial score (nSPS) is 11.0. The Labute approximate surface area is 189 Å². The molecule has 0 aliphatic rings. The summed E-state index contributed by atoms with van der Waals surface area (Å²) in [5.74, 6) is -0.437. The largest absolute Gasteiger partial charge is 0.377 e. The zero-order valence-electron chi connectivity index (χ0n) is 19.3. The Kier molecular flexibility index (Phi) is 6.93. The zero-order chi connectivity index (χ0) is 23.3. The van der Waals surface area contributed by atoms with Crippen molar-refractivity contribution in [1.82, 2.24) is 10.3 Å². The van der Waals surface area contributed by atoms with Gasteiger partial charge in [-0.1, -0.05) is 39.0 Å². The summed E-state index contributed by atoms with van der Waals surface area (Å²) in [4.78, 5) is 31.6. The lowest BCUT2D eigenvalue weighted by Crippen LogP contribution is -2.25. The van der Waals surface area contributed by atoms with E-state index in [9.17, 15) is 9.59 Å². The summed E-state index contributed by atoms with van der Waals surface area (Å²) >= 11 is 0. The number of pyridine rings is 1. The quantitative estimate of drug-likeness (QED) is 0.598. The fourth-order valence-electron chi connectivity index (χ4n) is 3.29. The number of hydrogen-bond acceptors (Lipinski definition) is 4. The smallest absolute Gasteiger partial charge is 0.255 e. The molecule has 0 fully saturated rings. The van der Waals surface area contributed by atoms with E-state index in [1.807, 2.05) is 61.5 Å². The van der Waals surface area contributed by atoms with Gasteiger partial charge in [-0.25, -0.2) is 0 Å². The van der Waals surface area contributed by atoms with E-state index in [1.165, 1.54) is 0 Å². The maximum absolute atomic E-state index is 12.9. The number of amides is 2. The van der Waals surface area contributed by atoms with Gasteiger partial charge < -0.3 is 15.5 Å². The van der Waals surface area contributed by atoms with Gasteiger partial charge in [-0.3, -0.25) is 14.6 Å². The van der Waals surface area contributed by atoms with Gasteiger partial charge in [-0.05, 0) is 52.9 Å². The molecule has 3 rings (SSSR count). The van der Waals surface area contributed by atoms with Gasteiger partial charge in [0.1, 0.15) is 0 Å². The van der Waals surface area contributed by atoms with Gasteiger partial charge in [0.2, 0.25) is 0 Å². The average molecular weight is 431 g/mol. The Balaban J connectivity index is 1.77. The summed E-state index contributed by atoms with van der Waals surface area (Å²) < 4.78 is 0. The molecule has 2 amide bonds. The van der Waals surface area contributed by atoms with E-state index in [1.54, 1.807) is 24.5 Å². The molecule has 0 aliphatic heterocycles. The number of benzene rings is 2. The number of rotatable bonds is 6. The lowest BCUT2D eigenvalue weighted by atomic mass is 9.87. The molecule has 1 heterocycles. The van der Waals surface area contributed by atoms with Crippen LogP contribution in [-0.4, -0.2) is 30.9 Å². The predicted octanol–water partition coefficient (Wildman–Crippen LogP) is 4.63. The van der Waals surface area contributed by atoms with Crippen molar-refractivity contribution in [3.63, 3.8) is 0 Å². The average Bonchev–Trinajstić information content (AvgIpc) is 2.77. The first kappa shape index (κ1) is 23.0. The minimum Gasteiger partial charge on any atom is -0.377 e. The fourth-order valence-corrected chi connectivity index (χ4v) is 3.29. The number of anilines is 2. The van der Waals surface area contributed by atoms with E-state index in [2.05, 4.69) is 36.4 Å². The highest BCUT2D eigenvalue weighted by Gasteiger charge is 2.17. The van der Waals surface area contributed by atoms with E-state index < -0.39 is 0 Å². The van der Waals surface area contributed by atoms with Crippen molar-refractivity contribution in [2.45, 2.75) is 32.7 Å². The second-order valence-electron chi connectivity index (χ2n) is 8.95. The molecule has 32 heavy (non-hydrogen) atoms. The Hall–Kier alpha value is -3.67. The minimum atomic E-state index is -0.219. The lowest BCUT2D eigenvalue weighted by Gasteiger charge is -2.19. The summed E-state index contributed by atoms with van der Waals surface area (Å²) in [6.07, 6.45) is 3.41. The number of hydrogen-bond donors (Lipinski definition) is 2. The first-order valence-electron chi connectivity index (χ1n) is 10.6. The van der Waals surface area contributed by atoms with E-state index in [0.29, 0.717) is 23.4 Å². The van der Waals surface area contributed by atoms with Crippen molar-refractivity contribution >= 4 is 23.2 Å². The van der Waals surface area contributed by atoms with Gasteiger partial charge in [-0.2, -0.15) is 0 Å². The monoisotopic (exact) mass is 430 g/mol. The summed E-state index contributed by atoms with van der Waals surface area (Å²) in [7, 11) is 3.75. The molecule has 6 nitrogen and oxygen atoms in total. The fraction of sp³-hybridized carbons (Fsp3) is 0.269. The van der Waals surface area contributed by atoms with Crippen LogP contribution in [0.3, 0.4) is 0 Å². The van der Waals surface area contributed by atoms with Crippen LogP contribution in [0.1, 0.15) is 52.6 Å².